The number of morpholine rings is 1. The topological polar surface area (TPSA) is 68.0 Å². The van der Waals surface area contributed by atoms with E-state index < -0.39 is 0 Å². The number of ether oxygens (including phenoxy) is 2. The smallest absolute Gasteiger partial charge is 0.120 e. The fourth-order valence-corrected chi connectivity index (χ4v) is 2.25. The molecule has 0 spiro atoms. The van der Waals surface area contributed by atoms with E-state index in [9.17, 15) is 5.11 Å². The summed E-state index contributed by atoms with van der Waals surface area (Å²) < 4.78 is 10.8. The molecule has 2 atom stereocenters. The van der Waals surface area contributed by atoms with E-state index in [0.717, 1.165) is 24.4 Å². The number of benzene rings is 1. The zero-order valence-electron chi connectivity index (χ0n) is 11.5. The molecule has 1 aromatic rings. The number of phenols is 1. The van der Waals surface area contributed by atoms with E-state index in [1.54, 1.807) is 19.2 Å². The van der Waals surface area contributed by atoms with Crippen molar-refractivity contribution in [2.24, 2.45) is 5.73 Å². The molecule has 1 fully saturated rings. The number of phenolic OH excluding ortho intramolecular Hbond substituents is 1. The summed E-state index contributed by atoms with van der Waals surface area (Å²) in [6.45, 7) is 4.94. The fourth-order valence-electron chi connectivity index (χ4n) is 2.25. The number of rotatable bonds is 4. The summed E-state index contributed by atoms with van der Waals surface area (Å²) in [5.74, 6) is 1.05. The first-order chi connectivity index (χ1) is 9.10. The monoisotopic (exact) mass is 266 g/mol. The number of hydrogen-bond donors (Lipinski definition) is 2. The van der Waals surface area contributed by atoms with Crippen LogP contribution in [-0.2, 0) is 11.3 Å². The molecule has 3 N–H and O–H groups in total. The van der Waals surface area contributed by atoms with E-state index >= 15 is 0 Å². The highest BCUT2D eigenvalue weighted by Crippen LogP contribution is 2.25. The van der Waals surface area contributed by atoms with Crippen LogP contribution < -0.4 is 10.5 Å². The van der Waals surface area contributed by atoms with E-state index in [4.69, 9.17) is 15.2 Å². The third-order valence-corrected chi connectivity index (χ3v) is 3.44. The summed E-state index contributed by atoms with van der Waals surface area (Å²) in [6, 6.07) is 5.30. The summed E-state index contributed by atoms with van der Waals surface area (Å²) >= 11 is 0. The maximum absolute atomic E-state index is 9.90. The molecule has 1 heterocycles. The van der Waals surface area contributed by atoms with Gasteiger partial charge >= 0.3 is 0 Å². The van der Waals surface area contributed by atoms with Gasteiger partial charge in [0.25, 0.3) is 0 Å². The second kappa shape index (κ2) is 6.23. The molecular weight excluding hydrogens is 244 g/mol. The van der Waals surface area contributed by atoms with Gasteiger partial charge in [-0.25, -0.2) is 0 Å². The van der Waals surface area contributed by atoms with E-state index in [1.807, 2.05) is 13.0 Å². The van der Waals surface area contributed by atoms with Crippen molar-refractivity contribution in [3.05, 3.63) is 23.8 Å². The lowest BCUT2D eigenvalue weighted by atomic mass is 10.1. The molecule has 5 heteroatoms. The molecule has 1 saturated heterocycles. The van der Waals surface area contributed by atoms with E-state index in [1.165, 1.54) is 0 Å². The van der Waals surface area contributed by atoms with Gasteiger partial charge in [0.15, 0.2) is 0 Å². The van der Waals surface area contributed by atoms with Crippen molar-refractivity contribution >= 4 is 0 Å². The maximum Gasteiger partial charge on any atom is 0.120 e. The normalized spacial score (nSPS) is 22.2. The van der Waals surface area contributed by atoms with Crippen LogP contribution in [0.15, 0.2) is 18.2 Å². The van der Waals surface area contributed by atoms with Crippen molar-refractivity contribution in [2.45, 2.75) is 25.6 Å². The van der Waals surface area contributed by atoms with Crippen molar-refractivity contribution in [1.29, 1.82) is 0 Å². The van der Waals surface area contributed by atoms with E-state index in [0.29, 0.717) is 18.9 Å². The summed E-state index contributed by atoms with van der Waals surface area (Å²) in [5.41, 5.74) is 6.74. The minimum Gasteiger partial charge on any atom is -0.508 e. The highest BCUT2D eigenvalue weighted by atomic mass is 16.5. The van der Waals surface area contributed by atoms with Crippen LogP contribution in [0.25, 0.3) is 0 Å². The van der Waals surface area contributed by atoms with Crippen LogP contribution in [0.4, 0.5) is 0 Å². The Bertz CT molecular complexity index is 423. The van der Waals surface area contributed by atoms with E-state index in [2.05, 4.69) is 4.90 Å². The molecule has 0 amide bonds. The minimum atomic E-state index is 0.0155. The standard InChI is InChI=1S/C14H22N2O3/c1-10(15)14-9-16(5-6-19-14)8-11-7-12(18-2)3-4-13(11)17/h3-4,7,10,14,17H,5-6,8-9,15H2,1-2H3. The summed E-state index contributed by atoms with van der Waals surface area (Å²) in [5, 5.41) is 9.90. The number of nitrogens with two attached hydrogens (primary N) is 1. The molecule has 5 nitrogen and oxygen atoms in total. The average Bonchev–Trinajstić information content (AvgIpc) is 2.41. The molecule has 106 valence electrons. The predicted molar refractivity (Wildman–Crippen MR) is 73.3 cm³/mol. The average molecular weight is 266 g/mol. The Balaban J connectivity index is 2.04. The lowest BCUT2D eigenvalue weighted by Crippen LogP contribution is -2.49. The molecular formula is C14H22N2O3. The van der Waals surface area contributed by atoms with Gasteiger partial charge in [-0.3, -0.25) is 4.90 Å². The molecule has 0 aliphatic carbocycles. The highest BCUT2D eigenvalue weighted by Gasteiger charge is 2.23. The van der Waals surface area contributed by atoms with Crippen LogP contribution in [0.3, 0.4) is 0 Å². The Kier molecular flexibility index (Phi) is 4.63. The predicted octanol–water partition coefficient (Wildman–Crippen LogP) is 0.949. The van der Waals surface area contributed by atoms with Crippen molar-refractivity contribution in [1.82, 2.24) is 4.90 Å². The van der Waals surface area contributed by atoms with E-state index in [-0.39, 0.29) is 12.1 Å². The van der Waals surface area contributed by atoms with Crippen LogP contribution in [0.1, 0.15) is 12.5 Å². The van der Waals surface area contributed by atoms with Crippen molar-refractivity contribution in [3.63, 3.8) is 0 Å². The lowest BCUT2D eigenvalue weighted by molar-refractivity contribution is -0.0405. The molecule has 19 heavy (non-hydrogen) atoms. The fraction of sp³-hybridized carbons (Fsp3) is 0.571. The third kappa shape index (κ3) is 3.59. The number of methoxy groups -OCH3 is 1. The van der Waals surface area contributed by atoms with Gasteiger partial charge in [-0.15, -0.1) is 0 Å². The van der Waals surface area contributed by atoms with Crippen molar-refractivity contribution < 1.29 is 14.6 Å². The Labute approximate surface area is 113 Å². The van der Waals surface area contributed by atoms with Gasteiger partial charge in [-0.1, -0.05) is 0 Å². The zero-order chi connectivity index (χ0) is 13.8. The third-order valence-electron chi connectivity index (χ3n) is 3.44. The second-order valence-electron chi connectivity index (χ2n) is 5.00. The number of nitrogens with zero attached hydrogens (tertiary/aromatic N) is 1. The maximum atomic E-state index is 9.90. The first-order valence-corrected chi connectivity index (χ1v) is 6.55. The molecule has 1 aliphatic rings. The quantitative estimate of drug-likeness (QED) is 0.849. The Morgan fingerprint density at radius 2 is 2.37 bits per heavy atom. The molecule has 0 saturated carbocycles. The van der Waals surface area contributed by atoms with Gasteiger partial charge in [0.2, 0.25) is 0 Å². The van der Waals surface area contributed by atoms with Crippen molar-refractivity contribution in [2.75, 3.05) is 26.8 Å². The lowest BCUT2D eigenvalue weighted by Gasteiger charge is -2.34. The zero-order valence-corrected chi connectivity index (χ0v) is 11.5. The first kappa shape index (κ1) is 14.1. The van der Waals surface area contributed by atoms with Gasteiger partial charge < -0.3 is 20.3 Å². The molecule has 0 radical (unpaired) electrons. The largest absolute Gasteiger partial charge is 0.508 e. The number of aromatic hydroxyl groups is 1. The Morgan fingerprint density at radius 1 is 1.58 bits per heavy atom. The second-order valence-corrected chi connectivity index (χ2v) is 5.00. The van der Waals surface area contributed by atoms with Crippen LogP contribution >= 0.6 is 0 Å². The van der Waals surface area contributed by atoms with Crippen molar-refractivity contribution in [3.8, 4) is 11.5 Å². The number of hydrogen-bond acceptors (Lipinski definition) is 5. The summed E-state index contributed by atoms with van der Waals surface area (Å²) in [4.78, 5) is 2.24. The first-order valence-electron chi connectivity index (χ1n) is 6.55. The van der Waals surface area contributed by atoms with Crippen LogP contribution in [-0.4, -0.2) is 49.0 Å². The summed E-state index contributed by atoms with van der Waals surface area (Å²) in [7, 11) is 1.62. The minimum absolute atomic E-state index is 0.0155. The molecule has 2 rings (SSSR count). The summed E-state index contributed by atoms with van der Waals surface area (Å²) in [6.07, 6.45) is 0.0569. The van der Waals surface area contributed by atoms with Gasteiger partial charge in [0.05, 0.1) is 19.8 Å². The Hall–Kier alpha value is -1.30. The van der Waals surface area contributed by atoms with Gasteiger partial charge in [-0.05, 0) is 25.1 Å². The van der Waals surface area contributed by atoms with Gasteiger partial charge in [0, 0.05) is 31.2 Å². The van der Waals surface area contributed by atoms with Crippen LogP contribution in [0.2, 0.25) is 0 Å². The van der Waals surface area contributed by atoms with Gasteiger partial charge in [-0.2, -0.15) is 0 Å². The highest BCUT2D eigenvalue weighted by molar-refractivity contribution is 5.39. The SMILES string of the molecule is COc1ccc(O)c(CN2CCOC(C(C)N)C2)c1. The van der Waals surface area contributed by atoms with Gasteiger partial charge in [0.1, 0.15) is 11.5 Å². The van der Waals surface area contributed by atoms with Crippen LogP contribution in [0.5, 0.6) is 11.5 Å². The molecule has 0 aromatic heterocycles. The Morgan fingerprint density at radius 3 is 3.05 bits per heavy atom. The molecule has 1 aromatic carbocycles. The molecule has 1 aliphatic heterocycles. The molecule has 0 bridgehead atoms. The molecule has 2 unspecified atom stereocenters. The van der Waals surface area contributed by atoms with Crippen LogP contribution in [0, 0.1) is 0 Å².